The van der Waals surface area contributed by atoms with Crippen LogP contribution in [0.5, 0.6) is 5.75 Å². The van der Waals surface area contributed by atoms with Gasteiger partial charge in [0.05, 0.1) is 11.0 Å². The molecule has 0 aliphatic rings. The Labute approximate surface area is 102 Å². The number of benzene rings is 1. The molecule has 0 radical (unpaired) electrons. The quantitative estimate of drug-likeness (QED) is 0.875. The summed E-state index contributed by atoms with van der Waals surface area (Å²) in [6.07, 6.45) is 3.65. The number of nitrogens with two attached hydrogens (primary N) is 1. The number of halogens is 1. The highest BCUT2D eigenvalue weighted by atomic mass is 79.9. The molecular formula is C11H12BrN3O. The molecule has 2 N–H and O–H groups in total. The molecule has 0 aliphatic heterocycles. The van der Waals surface area contributed by atoms with Crippen LogP contribution in [0.25, 0.3) is 0 Å². The van der Waals surface area contributed by atoms with E-state index in [1.165, 1.54) is 0 Å². The Morgan fingerprint density at radius 2 is 2.31 bits per heavy atom. The molecule has 0 bridgehead atoms. The summed E-state index contributed by atoms with van der Waals surface area (Å²) < 4.78 is 8.33. The third-order valence-corrected chi connectivity index (χ3v) is 2.75. The van der Waals surface area contributed by atoms with E-state index in [4.69, 9.17) is 10.5 Å². The zero-order valence-corrected chi connectivity index (χ0v) is 10.2. The van der Waals surface area contributed by atoms with Gasteiger partial charge in [-0.2, -0.15) is 5.10 Å². The summed E-state index contributed by atoms with van der Waals surface area (Å²) in [6.45, 7) is 1.28. The molecule has 2 rings (SSSR count). The van der Waals surface area contributed by atoms with E-state index in [1.54, 1.807) is 12.3 Å². The van der Waals surface area contributed by atoms with E-state index in [9.17, 15) is 0 Å². The molecule has 0 atom stereocenters. The van der Waals surface area contributed by atoms with E-state index in [0.717, 1.165) is 10.2 Å². The van der Waals surface area contributed by atoms with Crippen molar-refractivity contribution in [1.29, 1.82) is 0 Å². The topological polar surface area (TPSA) is 53.1 Å². The first kappa shape index (κ1) is 11.0. The van der Waals surface area contributed by atoms with Crippen LogP contribution in [-0.4, -0.2) is 16.4 Å². The van der Waals surface area contributed by atoms with Crippen LogP contribution in [0.1, 0.15) is 0 Å². The van der Waals surface area contributed by atoms with E-state index in [0.29, 0.717) is 18.8 Å². The van der Waals surface area contributed by atoms with Crippen LogP contribution in [0, 0.1) is 0 Å². The second kappa shape index (κ2) is 5.03. The Bertz CT molecular complexity index is 456. The van der Waals surface area contributed by atoms with Crippen molar-refractivity contribution in [2.45, 2.75) is 6.54 Å². The third-order valence-electron chi connectivity index (χ3n) is 2.09. The first-order valence-corrected chi connectivity index (χ1v) is 5.70. The molecule has 2 aromatic rings. The minimum atomic E-state index is 0.559. The molecule has 0 amide bonds. The number of nitrogen functional groups attached to an aromatic ring is 1. The molecule has 0 spiro atoms. The number of anilines is 1. The zero-order valence-electron chi connectivity index (χ0n) is 8.64. The maximum Gasteiger partial charge on any atom is 0.135 e. The van der Waals surface area contributed by atoms with Gasteiger partial charge in [0.25, 0.3) is 0 Å². The maximum atomic E-state index is 5.68. The molecule has 0 saturated carbocycles. The SMILES string of the molecule is Nc1ccc(Br)c(OCCn2cccn2)c1. The lowest BCUT2D eigenvalue weighted by atomic mass is 10.3. The summed E-state index contributed by atoms with van der Waals surface area (Å²) in [5.41, 5.74) is 6.37. The van der Waals surface area contributed by atoms with Crippen LogP contribution in [-0.2, 0) is 6.54 Å². The van der Waals surface area contributed by atoms with Gasteiger partial charge in [-0.1, -0.05) is 0 Å². The number of hydrogen-bond acceptors (Lipinski definition) is 3. The van der Waals surface area contributed by atoms with E-state index >= 15 is 0 Å². The van der Waals surface area contributed by atoms with Crippen molar-refractivity contribution in [2.75, 3.05) is 12.3 Å². The van der Waals surface area contributed by atoms with Crippen molar-refractivity contribution in [1.82, 2.24) is 9.78 Å². The fourth-order valence-corrected chi connectivity index (χ4v) is 1.67. The number of nitrogens with zero attached hydrogens (tertiary/aromatic N) is 2. The predicted octanol–water partition coefficient (Wildman–Crippen LogP) is 2.31. The fraction of sp³-hybridized carbons (Fsp3) is 0.182. The Kier molecular flexibility index (Phi) is 3.46. The van der Waals surface area contributed by atoms with E-state index < -0.39 is 0 Å². The number of hydrogen-bond donors (Lipinski definition) is 1. The average Bonchev–Trinajstić information content (AvgIpc) is 2.76. The van der Waals surface area contributed by atoms with Gasteiger partial charge in [0.15, 0.2) is 0 Å². The summed E-state index contributed by atoms with van der Waals surface area (Å²) in [5, 5.41) is 4.09. The first-order chi connectivity index (χ1) is 7.75. The summed E-state index contributed by atoms with van der Waals surface area (Å²) >= 11 is 3.41. The molecule has 1 heterocycles. The van der Waals surface area contributed by atoms with Crippen LogP contribution < -0.4 is 10.5 Å². The minimum absolute atomic E-state index is 0.559. The summed E-state index contributed by atoms with van der Waals surface area (Å²) in [6, 6.07) is 7.38. The summed E-state index contributed by atoms with van der Waals surface area (Å²) in [7, 11) is 0. The van der Waals surface area contributed by atoms with Crippen LogP contribution in [0.3, 0.4) is 0 Å². The van der Waals surface area contributed by atoms with Gasteiger partial charge >= 0.3 is 0 Å². The Hall–Kier alpha value is -1.49. The van der Waals surface area contributed by atoms with Crippen molar-refractivity contribution < 1.29 is 4.74 Å². The molecule has 0 aliphatic carbocycles. The van der Waals surface area contributed by atoms with Crippen LogP contribution in [0.2, 0.25) is 0 Å². The molecule has 0 saturated heterocycles. The lowest BCUT2D eigenvalue weighted by molar-refractivity contribution is 0.290. The lowest BCUT2D eigenvalue weighted by Gasteiger charge is -2.08. The Balaban J connectivity index is 1.92. The van der Waals surface area contributed by atoms with Crippen molar-refractivity contribution in [2.24, 2.45) is 0 Å². The number of aromatic nitrogens is 2. The largest absolute Gasteiger partial charge is 0.490 e. The Morgan fingerprint density at radius 3 is 3.06 bits per heavy atom. The normalized spacial score (nSPS) is 10.3. The first-order valence-electron chi connectivity index (χ1n) is 4.91. The highest BCUT2D eigenvalue weighted by Crippen LogP contribution is 2.26. The van der Waals surface area contributed by atoms with Gasteiger partial charge in [-0.15, -0.1) is 0 Å². The molecule has 84 valence electrons. The van der Waals surface area contributed by atoms with Gasteiger partial charge in [-0.3, -0.25) is 4.68 Å². The smallest absolute Gasteiger partial charge is 0.135 e. The highest BCUT2D eigenvalue weighted by molar-refractivity contribution is 9.10. The van der Waals surface area contributed by atoms with Gasteiger partial charge in [-0.25, -0.2) is 0 Å². The molecular weight excluding hydrogens is 270 g/mol. The van der Waals surface area contributed by atoms with Crippen molar-refractivity contribution in [3.63, 3.8) is 0 Å². The van der Waals surface area contributed by atoms with Gasteiger partial charge < -0.3 is 10.5 Å². The second-order valence-electron chi connectivity index (χ2n) is 3.31. The van der Waals surface area contributed by atoms with Gasteiger partial charge in [0, 0.05) is 24.1 Å². The van der Waals surface area contributed by atoms with E-state index in [1.807, 2.05) is 29.1 Å². The molecule has 1 aromatic heterocycles. The van der Waals surface area contributed by atoms with Crippen molar-refractivity contribution >= 4 is 21.6 Å². The summed E-state index contributed by atoms with van der Waals surface area (Å²) in [4.78, 5) is 0. The van der Waals surface area contributed by atoms with Gasteiger partial charge in [0.1, 0.15) is 12.4 Å². The van der Waals surface area contributed by atoms with Crippen LogP contribution in [0.4, 0.5) is 5.69 Å². The molecule has 5 heteroatoms. The molecule has 1 aromatic carbocycles. The van der Waals surface area contributed by atoms with Gasteiger partial charge in [0.2, 0.25) is 0 Å². The molecule has 16 heavy (non-hydrogen) atoms. The monoisotopic (exact) mass is 281 g/mol. The molecule has 4 nitrogen and oxygen atoms in total. The average molecular weight is 282 g/mol. The minimum Gasteiger partial charge on any atom is -0.490 e. The van der Waals surface area contributed by atoms with Gasteiger partial charge in [-0.05, 0) is 34.1 Å². The third kappa shape index (κ3) is 2.76. The van der Waals surface area contributed by atoms with E-state index in [-0.39, 0.29) is 0 Å². The maximum absolute atomic E-state index is 5.68. The van der Waals surface area contributed by atoms with Crippen molar-refractivity contribution in [3.05, 3.63) is 41.1 Å². The zero-order chi connectivity index (χ0) is 11.4. The second-order valence-corrected chi connectivity index (χ2v) is 4.16. The highest BCUT2D eigenvalue weighted by Gasteiger charge is 2.01. The van der Waals surface area contributed by atoms with Crippen molar-refractivity contribution in [3.8, 4) is 5.75 Å². The number of ether oxygens (including phenoxy) is 1. The van der Waals surface area contributed by atoms with Crippen LogP contribution in [0.15, 0.2) is 41.1 Å². The lowest BCUT2D eigenvalue weighted by Crippen LogP contribution is -2.08. The molecule has 0 unspecified atom stereocenters. The number of rotatable bonds is 4. The van der Waals surface area contributed by atoms with E-state index in [2.05, 4.69) is 21.0 Å². The predicted molar refractivity (Wildman–Crippen MR) is 66.3 cm³/mol. The Morgan fingerprint density at radius 1 is 1.44 bits per heavy atom. The standard InChI is InChI=1S/C11H12BrN3O/c12-10-3-2-9(13)8-11(10)16-7-6-15-5-1-4-14-15/h1-5,8H,6-7,13H2. The van der Waals surface area contributed by atoms with Crippen LogP contribution >= 0.6 is 15.9 Å². The summed E-state index contributed by atoms with van der Waals surface area (Å²) in [5.74, 6) is 0.757. The fourth-order valence-electron chi connectivity index (χ4n) is 1.31. The molecule has 0 fully saturated rings.